The van der Waals surface area contributed by atoms with Gasteiger partial charge in [-0.05, 0) is 48.4 Å². The summed E-state index contributed by atoms with van der Waals surface area (Å²) in [4.78, 5) is 27.2. The second kappa shape index (κ2) is 14.8. The second-order valence-electron chi connectivity index (χ2n) is 10.8. The lowest BCUT2D eigenvalue weighted by molar-refractivity contribution is -0.143. The number of nitrogens with zero attached hydrogens (tertiary/aromatic N) is 2. The van der Waals surface area contributed by atoms with Crippen molar-refractivity contribution in [2.75, 3.05) is 39.5 Å². The van der Waals surface area contributed by atoms with E-state index in [1.807, 2.05) is 38.1 Å². The van der Waals surface area contributed by atoms with Gasteiger partial charge in [0.05, 0.1) is 30.9 Å². The number of carbonyl (C=O) groups excluding carboxylic acids is 2. The van der Waals surface area contributed by atoms with E-state index in [-0.39, 0.29) is 34.8 Å². The lowest BCUT2D eigenvalue weighted by atomic mass is 9.94. The SMILES string of the molecule is CCOC(=O)CCCCCNC(=O)c1noc(-c2cc(C(C)C)c(O)cc2O)c1-c1ccc(CN2CCOCC2)cc1. The first-order valence-electron chi connectivity index (χ1n) is 14.7. The molecule has 0 aliphatic carbocycles. The number of ether oxygens (including phenoxy) is 2. The molecule has 1 aliphatic heterocycles. The number of benzene rings is 2. The molecule has 0 bridgehead atoms. The molecule has 0 atom stereocenters. The van der Waals surface area contributed by atoms with Gasteiger partial charge in [0.2, 0.25) is 0 Å². The quantitative estimate of drug-likeness (QED) is 0.184. The van der Waals surface area contributed by atoms with Gasteiger partial charge in [-0.15, -0.1) is 0 Å². The summed E-state index contributed by atoms with van der Waals surface area (Å²) in [6, 6.07) is 10.9. The summed E-state index contributed by atoms with van der Waals surface area (Å²) in [5.41, 5.74) is 3.39. The monoisotopic (exact) mass is 579 g/mol. The molecule has 0 saturated carbocycles. The van der Waals surface area contributed by atoms with E-state index in [0.717, 1.165) is 50.4 Å². The Hall–Kier alpha value is -3.89. The average molecular weight is 580 g/mol. The molecule has 3 aromatic rings. The van der Waals surface area contributed by atoms with Gasteiger partial charge in [-0.25, -0.2) is 0 Å². The van der Waals surface area contributed by atoms with Gasteiger partial charge >= 0.3 is 5.97 Å². The number of phenolic OH excluding ortho intramolecular Hbond substituents is 2. The minimum Gasteiger partial charge on any atom is -0.508 e. The third-order valence-electron chi connectivity index (χ3n) is 7.32. The van der Waals surface area contributed by atoms with Crippen molar-refractivity contribution in [2.45, 2.75) is 58.9 Å². The van der Waals surface area contributed by atoms with Crippen LogP contribution in [0, 0.1) is 0 Å². The molecular formula is C32H41N3O7. The highest BCUT2D eigenvalue weighted by atomic mass is 16.5. The molecule has 42 heavy (non-hydrogen) atoms. The third-order valence-corrected chi connectivity index (χ3v) is 7.32. The summed E-state index contributed by atoms with van der Waals surface area (Å²) < 4.78 is 16.1. The molecule has 0 radical (unpaired) electrons. The van der Waals surface area contributed by atoms with Crippen molar-refractivity contribution in [2.24, 2.45) is 0 Å². The van der Waals surface area contributed by atoms with E-state index < -0.39 is 5.91 Å². The molecule has 10 nitrogen and oxygen atoms in total. The predicted octanol–water partition coefficient (Wildman–Crippen LogP) is 5.23. The van der Waals surface area contributed by atoms with Crippen LogP contribution in [0.4, 0.5) is 0 Å². The molecule has 226 valence electrons. The number of aromatic hydroxyl groups is 2. The number of phenols is 2. The lowest BCUT2D eigenvalue weighted by Gasteiger charge is -2.26. The third kappa shape index (κ3) is 7.89. The van der Waals surface area contributed by atoms with Crippen LogP contribution in [0.5, 0.6) is 11.5 Å². The van der Waals surface area contributed by atoms with Crippen LogP contribution in [-0.4, -0.2) is 71.6 Å². The van der Waals surface area contributed by atoms with Gasteiger partial charge in [-0.1, -0.05) is 49.7 Å². The molecule has 1 fully saturated rings. The maximum atomic E-state index is 13.3. The number of esters is 1. The first-order chi connectivity index (χ1) is 20.3. The Kier molecular flexibility index (Phi) is 11.0. The topological polar surface area (TPSA) is 134 Å². The first kappa shape index (κ1) is 31.1. The minimum atomic E-state index is -0.398. The summed E-state index contributed by atoms with van der Waals surface area (Å²) in [6.45, 7) is 10.4. The van der Waals surface area contributed by atoms with E-state index >= 15 is 0 Å². The molecule has 1 aromatic heterocycles. The Bertz CT molecular complexity index is 1340. The van der Waals surface area contributed by atoms with Crippen LogP contribution in [0.3, 0.4) is 0 Å². The van der Waals surface area contributed by atoms with Crippen LogP contribution >= 0.6 is 0 Å². The molecule has 1 amide bonds. The Labute approximate surface area is 246 Å². The molecule has 0 unspecified atom stereocenters. The van der Waals surface area contributed by atoms with Crippen molar-refractivity contribution < 1.29 is 33.8 Å². The Morgan fingerprint density at radius 1 is 1.05 bits per heavy atom. The van der Waals surface area contributed by atoms with Crippen molar-refractivity contribution in [3.8, 4) is 33.9 Å². The van der Waals surface area contributed by atoms with E-state index in [0.29, 0.717) is 49.1 Å². The summed E-state index contributed by atoms with van der Waals surface area (Å²) >= 11 is 0. The standard InChI is InChI=1S/C32H41N3O7/c1-4-41-28(38)8-6-5-7-13-33-32(39)30-29(23-11-9-22(10-12-23)20-35-14-16-40-17-15-35)31(42-34-30)25-18-24(21(2)3)26(36)19-27(25)37/h9-12,18-19,21,36-37H,4-8,13-17,20H2,1-3H3,(H,33,39). The van der Waals surface area contributed by atoms with Crippen LogP contribution in [0.1, 0.15) is 74.0 Å². The zero-order valence-electron chi connectivity index (χ0n) is 24.6. The summed E-state index contributed by atoms with van der Waals surface area (Å²) in [7, 11) is 0. The highest BCUT2D eigenvalue weighted by Gasteiger charge is 2.27. The highest BCUT2D eigenvalue weighted by Crippen LogP contribution is 2.43. The number of carbonyl (C=O) groups is 2. The number of amides is 1. The number of morpholine rings is 1. The van der Waals surface area contributed by atoms with Crippen molar-refractivity contribution in [3.63, 3.8) is 0 Å². The molecule has 1 saturated heterocycles. The maximum absolute atomic E-state index is 13.3. The Morgan fingerprint density at radius 2 is 1.79 bits per heavy atom. The van der Waals surface area contributed by atoms with Crippen LogP contribution in [0.2, 0.25) is 0 Å². The fourth-order valence-corrected chi connectivity index (χ4v) is 5.02. The molecule has 2 heterocycles. The summed E-state index contributed by atoms with van der Waals surface area (Å²) in [5.74, 6) is -0.565. The van der Waals surface area contributed by atoms with E-state index in [4.69, 9.17) is 14.0 Å². The fourth-order valence-electron chi connectivity index (χ4n) is 5.02. The van der Waals surface area contributed by atoms with Gasteiger partial charge in [0.25, 0.3) is 5.91 Å². The van der Waals surface area contributed by atoms with Crippen molar-refractivity contribution in [1.82, 2.24) is 15.4 Å². The van der Waals surface area contributed by atoms with E-state index in [1.54, 1.807) is 13.0 Å². The van der Waals surface area contributed by atoms with Gasteiger partial charge in [-0.3, -0.25) is 14.5 Å². The van der Waals surface area contributed by atoms with Gasteiger partial charge < -0.3 is 29.5 Å². The minimum absolute atomic E-state index is 0.0122. The zero-order valence-corrected chi connectivity index (χ0v) is 24.6. The lowest BCUT2D eigenvalue weighted by Crippen LogP contribution is -2.35. The van der Waals surface area contributed by atoms with Crippen LogP contribution in [-0.2, 0) is 20.8 Å². The summed E-state index contributed by atoms with van der Waals surface area (Å²) in [6.07, 6.45) is 2.50. The van der Waals surface area contributed by atoms with Gasteiger partial charge in [0.1, 0.15) is 11.5 Å². The largest absolute Gasteiger partial charge is 0.508 e. The maximum Gasteiger partial charge on any atom is 0.305 e. The van der Waals surface area contributed by atoms with Crippen molar-refractivity contribution in [3.05, 3.63) is 53.2 Å². The van der Waals surface area contributed by atoms with Crippen molar-refractivity contribution >= 4 is 11.9 Å². The van der Waals surface area contributed by atoms with Crippen LogP contribution in [0.15, 0.2) is 40.9 Å². The van der Waals surface area contributed by atoms with Gasteiger partial charge in [0, 0.05) is 38.7 Å². The van der Waals surface area contributed by atoms with E-state index in [1.165, 1.54) is 6.07 Å². The molecular weight excluding hydrogens is 538 g/mol. The zero-order chi connectivity index (χ0) is 30.1. The fraction of sp³-hybridized carbons (Fsp3) is 0.469. The average Bonchev–Trinajstić information content (AvgIpc) is 3.41. The smallest absolute Gasteiger partial charge is 0.305 e. The highest BCUT2D eigenvalue weighted by molar-refractivity contribution is 6.02. The first-order valence-corrected chi connectivity index (χ1v) is 14.7. The number of aromatic nitrogens is 1. The molecule has 0 spiro atoms. The molecule has 4 rings (SSSR count). The molecule has 2 aromatic carbocycles. The summed E-state index contributed by atoms with van der Waals surface area (Å²) in [5, 5.41) is 28.2. The Balaban J connectivity index is 1.57. The van der Waals surface area contributed by atoms with Crippen molar-refractivity contribution in [1.29, 1.82) is 0 Å². The molecule has 3 N–H and O–H groups in total. The molecule has 10 heteroatoms. The van der Waals surface area contributed by atoms with Gasteiger partial charge in [0.15, 0.2) is 11.5 Å². The number of hydrogen-bond donors (Lipinski definition) is 3. The predicted molar refractivity (Wildman–Crippen MR) is 158 cm³/mol. The number of unbranched alkanes of at least 4 members (excludes halogenated alkanes) is 2. The number of hydrogen-bond acceptors (Lipinski definition) is 9. The second-order valence-corrected chi connectivity index (χ2v) is 10.8. The number of rotatable bonds is 13. The Morgan fingerprint density at radius 3 is 2.48 bits per heavy atom. The van der Waals surface area contributed by atoms with Crippen LogP contribution < -0.4 is 5.32 Å². The van der Waals surface area contributed by atoms with E-state index in [9.17, 15) is 19.8 Å². The molecule has 1 aliphatic rings. The van der Waals surface area contributed by atoms with E-state index in [2.05, 4.69) is 15.4 Å². The number of nitrogens with one attached hydrogen (secondary N) is 1. The van der Waals surface area contributed by atoms with Gasteiger partial charge in [-0.2, -0.15) is 0 Å². The normalized spacial score (nSPS) is 13.8. The van der Waals surface area contributed by atoms with Crippen LogP contribution in [0.25, 0.3) is 22.5 Å².